The summed E-state index contributed by atoms with van der Waals surface area (Å²) in [4.78, 5) is 2.92. The molecular weight excluding hydrogens is 398 g/mol. The molecular formula is C28H37NO3. The van der Waals surface area contributed by atoms with E-state index in [0.29, 0.717) is 35.0 Å². The van der Waals surface area contributed by atoms with Gasteiger partial charge in [0.05, 0.1) is 0 Å². The van der Waals surface area contributed by atoms with Crippen LogP contribution in [0.3, 0.4) is 0 Å². The second kappa shape index (κ2) is 5.35. The number of likely N-dealkylation sites (tertiary alicyclic amines) is 1. The summed E-state index contributed by atoms with van der Waals surface area (Å²) in [5.41, 5.74) is 3.19. The molecule has 2 aliphatic heterocycles. The van der Waals surface area contributed by atoms with Crippen LogP contribution in [-0.4, -0.2) is 48.0 Å². The lowest BCUT2D eigenvalue weighted by Crippen LogP contribution is -2.77. The summed E-state index contributed by atoms with van der Waals surface area (Å²) in [6.07, 6.45) is 7.64. The van der Waals surface area contributed by atoms with Gasteiger partial charge in [-0.05, 0) is 73.8 Å². The van der Waals surface area contributed by atoms with Crippen molar-refractivity contribution in [3.63, 3.8) is 0 Å². The van der Waals surface area contributed by atoms with Crippen molar-refractivity contribution in [2.45, 2.75) is 82.5 Å². The third-order valence-electron chi connectivity index (χ3n) is 12.1. The largest absolute Gasteiger partial charge is 0.504 e. The molecule has 0 aromatic heterocycles. The number of hydrogen-bond acceptors (Lipinski definition) is 4. The molecule has 1 aromatic rings. The topological polar surface area (TPSA) is 41.9 Å². The molecule has 3 spiro atoms. The monoisotopic (exact) mass is 435 g/mol. The van der Waals surface area contributed by atoms with Crippen molar-refractivity contribution in [1.82, 2.24) is 4.90 Å². The van der Waals surface area contributed by atoms with Crippen LogP contribution in [0.1, 0.15) is 64.0 Å². The van der Waals surface area contributed by atoms with Gasteiger partial charge in [0.25, 0.3) is 0 Å². The Morgan fingerprint density at radius 2 is 2.06 bits per heavy atom. The molecule has 32 heavy (non-hydrogen) atoms. The summed E-state index contributed by atoms with van der Waals surface area (Å²) >= 11 is 0. The highest BCUT2D eigenvalue weighted by Gasteiger charge is 2.90. The zero-order chi connectivity index (χ0) is 21.8. The molecule has 0 amide bonds. The van der Waals surface area contributed by atoms with Gasteiger partial charge in [-0.2, -0.15) is 0 Å². The summed E-state index contributed by atoms with van der Waals surface area (Å²) in [7, 11) is 1.93. The molecule has 4 heteroatoms. The average Bonchev–Trinajstić information content (AvgIpc) is 3.47. The maximum Gasteiger partial charge on any atom is 0.165 e. The lowest BCUT2D eigenvalue weighted by molar-refractivity contribution is -0.262. The molecule has 6 fully saturated rings. The van der Waals surface area contributed by atoms with E-state index >= 15 is 0 Å². The standard InChI is InChI=1S/C28H37NO3/c1-15(2)19-12-26-9-10-27(19,31-4)24-28(26)16(3)25(14-29(23(25)26)13-17-5-6-17)11-18-7-8-20(30)22(32-24)21(18)28/h7-8,15-17,19,23-24,30H,5-6,9-14H2,1-4H3/t16-,19?,23?,24?,25?,26?,27-,28?/m0/s1. The lowest BCUT2D eigenvalue weighted by atomic mass is 9.38. The third-order valence-corrected chi connectivity index (χ3v) is 12.1. The van der Waals surface area contributed by atoms with Gasteiger partial charge >= 0.3 is 0 Å². The maximum absolute atomic E-state index is 11.0. The quantitative estimate of drug-likeness (QED) is 0.755. The van der Waals surface area contributed by atoms with Crippen LogP contribution >= 0.6 is 0 Å². The van der Waals surface area contributed by atoms with E-state index in [4.69, 9.17) is 9.47 Å². The summed E-state index contributed by atoms with van der Waals surface area (Å²) in [5, 5.41) is 11.0. The highest BCUT2D eigenvalue weighted by atomic mass is 16.6. The van der Waals surface area contributed by atoms with Crippen LogP contribution in [-0.2, 0) is 16.6 Å². The first kappa shape index (κ1) is 19.1. The Hall–Kier alpha value is -1.26. The highest BCUT2D eigenvalue weighted by molar-refractivity contribution is 5.66. The number of nitrogens with zero attached hydrogens (tertiary/aromatic N) is 1. The minimum absolute atomic E-state index is 0.0166. The Bertz CT molecular complexity index is 1050. The minimum atomic E-state index is -0.253. The Kier molecular flexibility index (Phi) is 3.19. The van der Waals surface area contributed by atoms with Crippen LogP contribution in [0.5, 0.6) is 11.5 Å². The number of rotatable bonds is 4. The number of aromatic hydroxyl groups is 1. The van der Waals surface area contributed by atoms with Crippen molar-refractivity contribution < 1.29 is 14.6 Å². The Balaban J connectivity index is 1.43. The molecule has 1 saturated heterocycles. The van der Waals surface area contributed by atoms with Crippen LogP contribution in [0.2, 0.25) is 0 Å². The van der Waals surface area contributed by atoms with Gasteiger partial charge in [0, 0.05) is 48.0 Å². The lowest BCUT2D eigenvalue weighted by Gasteiger charge is -2.69. The fourth-order valence-electron chi connectivity index (χ4n) is 11.1. The predicted octanol–water partition coefficient (Wildman–Crippen LogP) is 4.52. The molecule has 6 unspecified atom stereocenters. The maximum atomic E-state index is 11.0. The second-order valence-electron chi connectivity index (χ2n) is 13.1. The number of phenolic OH excluding ortho intramolecular Hbond substituents is 1. The van der Waals surface area contributed by atoms with Crippen molar-refractivity contribution in [1.29, 1.82) is 0 Å². The van der Waals surface area contributed by atoms with E-state index in [9.17, 15) is 5.11 Å². The molecule has 172 valence electrons. The van der Waals surface area contributed by atoms with E-state index in [1.165, 1.54) is 49.9 Å². The molecule has 6 aliphatic carbocycles. The number of hydrogen-bond donors (Lipinski definition) is 1. The van der Waals surface area contributed by atoms with Gasteiger partial charge in [0.1, 0.15) is 11.7 Å². The van der Waals surface area contributed by atoms with Crippen molar-refractivity contribution in [3.05, 3.63) is 23.3 Å². The van der Waals surface area contributed by atoms with Crippen molar-refractivity contribution in [2.75, 3.05) is 20.2 Å². The van der Waals surface area contributed by atoms with Crippen molar-refractivity contribution in [2.24, 2.45) is 34.5 Å². The van der Waals surface area contributed by atoms with Gasteiger partial charge in [0.15, 0.2) is 11.5 Å². The number of phenols is 1. The first-order valence-corrected chi connectivity index (χ1v) is 13.2. The molecule has 8 aliphatic rings. The Morgan fingerprint density at radius 3 is 2.78 bits per heavy atom. The number of fused-ring (bicyclic) bond motifs is 2. The van der Waals surface area contributed by atoms with Crippen molar-refractivity contribution >= 4 is 0 Å². The number of benzene rings is 1. The van der Waals surface area contributed by atoms with Crippen LogP contribution in [0.4, 0.5) is 0 Å². The molecule has 8 atom stereocenters. The molecule has 0 radical (unpaired) electrons. The van der Waals surface area contributed by atoms with Crippen LogP contribution in [0, 0.1) is 34.5 Å². The smallest absolute Gasteiger partial charge is 0.165 e. The van der Waals surface area contributed by atoms with Crippen LogP contribution in [0.15, 0.2) is 12.1 Å². The van der Waals surface area contributed by atoms with Gasteiger partial charge in [-0.1, -0.05) is 26.8 Å². The Morgan fingerprint density at radius 1 is 1.25 bits per heavy atom. The molecule has 4 nitrogen and oxygen atoms in total. The molecule has 5 saturated carbocycles. The summed E-state index contributed by atoms with van der Waals surface area (Å²) < 4.78 is 13.6. The first-order valence-electron chi connectivity index (χ1n) is 13.2. The highest BCUT2D eigenvalue weighted by Crippen LogP contribution is 2.85. The van der Waals surface area contributed by atoms with Crippen LogP contribution in [0.25, 0.3) is 0 Å². The minimum Gasteiger partial charge on any atom is -0.504 e. The van der Waals surface area contributed by atoms with E-state index in [1.807, 2.05) is 13.2 Å². The van der Waals surface area contributed by atoms with Gasteiger partial charge in [-0.15, -0.1) is 0 Å². The number of ether oxygens (including phenoxy) is 2. The number of methoxy groups -OCH3 is 1. The fourth-order valence-corrected chi connectivity index (χ4v) is 11.1. The Labute approximate surface area is 191 Å². The second-order valence-corrected chi connectivity index (χ2v) is 13.1. The summed E-state index contributed by atoms with van der Waals surface area (Å²) in [6, 6.07) is 4.79. The van der Waals surface area contributed by atoms with E-state index in [2.05, 4.69) is 31.7 Å². The normalized spacial score (nSPS) is 51.4. The van der Waals surface area contributed by atoms with Gasteiger partial charge in [0.2, 0.25) is 0 Å². The molecule has 9 rings (SSSR count). The van der Waals surface area contributed by atoms with Crippen LogP contribution < -0.4 is 4.74 Å². The predicted molar refractivity (Wildman–Crippen MR) is 122 cm³/mol. The molecule has 1 N–H and O–H groups in total. The fraction of sp³-hybridized carbons (Fsp3) is 0.786. The van der Waals surface area contributed by atoms with Crippen molar-refractivity contribution in [3.8, 4) is 11.5 Å². The van der Waals surface area contributed by atoms with Gasteiger partial charge in [-0.3, -0.25) is 4.90 Å². The van der Waals surface area contributed by atoms with E-state index in [1.54, 1.807) is 0 Å². The average molecular weight is 436 g/mol. The molecule has 1 aromatic carbocycles. The van der Waals surface area contributed by atoms with E-state index in [0.717, 1.165) is 24.5 Å². The SMILES string of the molecule is CO[C@@]12CCC3(CC1C(C)C)C1N(CC4CC4)CC14Cc1ccc(O)c5c1C3(C2O5)[C@H]4C. The first-order chi connectivity index (χ1) is 15.4. The van der Waals surface area contributed by atoms with Gasteiger partial charge < -0.3 is 14.6 Å². The molecule has 4 bridgehead atoms. The zero-order valence-electron chi connectivity index (χ0n) is 20.0. The van der Waals surface area contributed by atoms with Gasteiger partial charge in [-0.25, -0.2) is 0 Å². The third kappa shape index (κ3) is 1.62. The molecule has 2 heterocycles. The van der Waals surface area contributed by atoms with E-state index in [-0.39, 0.29) is 22.5 Å². The summed E-state index contributed by atoms with van der Waals surface area (Å²) in [5.74, 6) is 3.71. The summed E-state index contributed by atoms with van der Waals surface area (Å²) in [6.45, 7) is 9.91. The van der Waals surface area contributed by atoms with E-state index < -0.39 is 0 Å². The zero-order valence-corrected chi connectivity index (χ0v) is 20.0.